The van der Waals surface area contributed by atoms with Gasteiger partial charge in [-0.05, 0) is 17.4 Å². The van der Waals surface area contributed by atoms with E-state index in [1.165, 1.54) is 16.7 Å². The molecular weight excluding hydrogens is 456 g/mol. The molecule has 2 amide bonds. The fraction of sp³-hybridized carbons (Fsp3) is 0.333. The molecule has 3 atom stereocenters. The van der Waals surface area contributed by atoms with Crippen LogP contribution in [0.5, 0.6) is 0 Å². The Morgan fingerprint density at radius 2 is 2.00 bits per heavy atom. The number of carbonyl (C=O) groups is 4. The van der Waals surface area contributed by atoms with Gasteiger partial charge in [0.2, 0.25) is 11.0 Å². The molecule has 3 aliphatic rings. The SMILES string of the molecule is O=C(CC1CC=CS1)N[C@@H]1C(=O)N2C(C(=O)O)=C(CSC(=O)c3ccccc3)CS[C@H]12. The molecule has 31 heavy (non-hydrogen) atoms. The van der Waals surface area contributed by atoms with Gasteiger partial charge >= 0.3 is 5.97 Å². The van der Waals surface area contributed by atoms with Crippen molar-refractivity contribution >= 4 is 58.2 Å². The van der Waals surface area contributed by atoms with E-state index in [-0.39, 0.29) is 27.7 Å². The monoisotopic (exact) mass is 476 g/mol. The second-order valence-electron chi connectivity index (χ2n) is 7.22. The zero-order chi connectivity index (χ0) is 22.0. The number of hydrogen-bond donors (Lipinski definition) is 2. The van der Waals surface area contributed by atoms with Crippen LogP contribution in [0.1, 0.15) is 23.2 Å². The van der Waals surface area contributed by atoms with Crippen LogP contribution >= 0.6 is 35.3 Å². The molecule has 10 heteroatoms. The first-order valence-electron chi connectivity index (χ1n) is 9.67. The predicted octanol–water partition coefficient (Wildman–Crippen LogP) is 2.71. The third-order valence-electron chi connectivity index (χ3n) is 5.13. The van der Waals surface area contributed by atoms with Crippen LogP contribution in [0, 0.1) is 0 Å². The fourth-order valence-corrected chi connectivity index (χ4v) is 6.84. The van der Waals surface area contributed by atoms with Crippen molar-refractivity contribution in [1.82, 2.24) is 10.2 Å². The number of aliphatic carboxylic acids is 1. The highest BCUT2D eigenvalue weighted by Crippen LogP contribution is 2.41. The number of β-lactam (4-membered cyclic amide) rings is 1. The van der Waals surface area contributed by atoms with Crippen molar-refractivity contribution < 1.29 is 24.3 Å². The van der Waals surface area contributed by atoms with Crippen LogP contribution in [0.2, 0.25) is 0 Å². The van der Waals surface area contributed by atoms with Crippen LogP contribution in [0.4, 0.5) is 0 Å². The van der Waals surface area contributed by atoms with Crippen molar-refractivity contribution in [2.75, 3.05) is 11.5 Å². The van der Waals surface area contributed by atoms with Gasteiger partial charge in [0.15, 0.2) is 0 Å². The average Bonchev–Trinajstić information content (AvgIpc) is 3.28. The van der Waals surface area contributed by atoms with Crippen LogP contribution in [0.15, 0.2) is 53.1 Å². The molecule has 0 saturated carbocycles. The molecule has 4 rings (SSSR count). The molecule has 0 radical (unpaired) electrons. The minimum atomic E-state index is -1.19. The molecule has 3 aliphatic heterocycles. The molecule has 1 aromatic rings. The number of thioether (sulfide) groups is 3. The van der Waals surface area contributed by atoms with Crippen molar-refractivity contribution in [1.29, 1.82) is 0 Å². The summed E-state index contributed by atoms with van der Waals surface area (Å²) in [5.41, 5.74) is 1.02. The Morgan fingerprint density at radius 3 is 2.68 bits per heavy atom. The summed E-state index contributed by atoms with van der Waals surface area (Å²) in [6.45, 7) is 0. The maximum Gasteiger partial charge on any atom is 0.352 e. The number of allylic oxidation sites excluding steroid dienone is 1. The molecule has 7 nitrogen and oxygen atoms in total. The van der Waals surface area contributed by atoms with Gasteiger partial charge in [0.1, 0.15) is 17.1 Å². The minimum absolute atomic E-state index is 0.0665. The van der Waals surface area contributed by atoms with Gasteiger partial charge in [0.05, 0.1) is 0 Å². The van der Waals surface area contributed by atoms with Crippen molar-refractivity contribution in [3.05, 3.63) is 58.6 Å². The fourth-order valence-electron chi connectivity index (χ4n) is 3.60. The second-order valence-corrected chi connectivity index (χ2v) is 10.5. The van der Waals surface area contributed by atoms with Crippen LogP contribution in [0.3, 0.4) is 0 Å². The Labute approximate surface area is 192 Å². The van der Waals surface area contributed by atoms with Crippen LogP contribution in [0.25, 0.3) is 0 Å². The van der Waals surface area contributed by atoms with E-state index in [4.69, 9.17) is 0 Å². The highest BCUT2D eigenvalue weighted by atomic mass is 32.2. The number of amides is 2. The van der Waals surface area contributed by atoms with E-state index in [0.717, 1.165) is 18.2 Å². The largest absolute Gasteiger partial charge is 0.477 e. The number of carboxylic acids is 1. The van der Waals surface area contributed by atoms with Gasteiger partial charge in [-0.15, -0.1) is 23.5 Å². The summed E-state index contributed by atoms with van der Waals surface area (Å²) < 4.78 is 0. The molecule has 162 valence electrons. The quantitative estimate of drug-likeness (QED) is 0.579. The molecule has 1 unspecified atom stereocenters. The van der Waals surface area contributed by atoms with Crippen LogP contribution in [-0.2, 0) is 14.4 Å². The summed E-state index contributed by atoms with van der Waals surface area (Å²) in [6, 6.07) is 8.06. The lowest BCUT2D eigenvalue weighted by Gasteiger charge is -2.49. The number of carboxylic acid groups (broad SMARTS) is 1. The van der Waals surface area contributed by atoms with Crippen molar-refractivity contribution in [2.24, 2.45) is 0 Å². The first-order chi connectivity index (χ1) is 15.0. The Morgan fingerprint density at radius 1 is 1.23 bits per heavy atom. The molecule has 0 aliphatic carbocycles. The number of fused-ring (bicyclic) bond motifs is 1. The summed E-state index contributed by atoms with van der Waals surface area (Å²) >= 11 is 4.04. The Bertz CT molecular complexity index is 970. The van der Waals surface area contributed by atoms with E-state index in [1.807, 2.05) is 17.6 Å². The van der Waals surface area contributed by atoms with Gasteiger partial charge in [-0.25, -0.2) is 4.79 Å². The first kappa shape index (κ1) is 22.0. The third-order valence-corrected chi connectivity index (χ3v) is 8.56. The van der Waals surface area contributed by atoms with E-state index < -0.39 is 23.3 Å². The van der Waals surface area contributed by atoms with E-state index in [0.29, 0.717) is 23.3 Å². The van der Waals surface area contributed by atoms with Gasteiger partial charge < -0.3 is 10.4 Å². The molecule has 1 fully saturated rings. The molecule has 1 aromatic carbocycles. The Kier molecular flexibility index (Phi) is 6.78. The summed E-state index contributed by atoms with van der Waals surface area (Å²) in [5.74, 6) is -1.23. The Balaban J connectivity index is 1.40. The van der Waals surface area contributed by atoms with Gasteiger partial charge in [-0.3, -0.25) is 19.3 Å². The molecule has 3 heterocycles. The first-order valence-corrected chi connectivity index (χ1v) is 12.7. The normalized spacial score (nSPS) is 24.6. The molecule has 0 bridgehead atoms. The van der Waals surface area contributed by atoms with Gasteiger partial charge in [0.25, 0.3) is 5.91 Å². The topological polar surface area (TPSA) is 104 Å². The number of nitrogens with zero attached hydrogens (tertiary/aromatic N) is 1. The highest BCUT2D eigenvalue weighted by molar-refractivity contribution is 8.14. The van der Waals surface area contributed by atoms with Crippen molar-refractivity contribution in [3.63, 3.8) is 0 Å². The standard InChI is InChI=1S/C21H20N2O5S3/c24-15(9-14-7-4-8-29-14)22-16-18(25)23-17(20(26)27)13(10-30-19(16)23)11-31-21(28)12-5-2-1-3-6-12/h1-6,8,14,16,19H,7,9-11H2,(H,22,24)(H,26,27)/t14?,16-,19-/m1/s1. The third kappa shape index (κ3) is 4.70. The number of benzene rings is 1. The number of nitrogens with one attached hydrogen (secondary N) is 1. The van der Waals surface area contributed by atoms with E-state index in [2.05, 4.69) is 5.32 Å². The summed E-state index contributed by atoms with van der Waals surface area (Å²) in [5, 5.41) is 14.1. The van der Waals surface area contributed by atoms with E-state index in [9.17, 15) is 24.3 Å². The van der Waals surface area contributed by atoms with Gasteiger partial charge in [0, 0.05) is 28.7 Å². The molecule has 0 spiro atoms. The maximum absolute atomic E-state index is 12.7. The number of rotatable bonds is 7. The summed E-state index contributed by atoms with van der Waals surface area (Å²) in [4.78, 5) is 50.5. The second kappa shape index (κ2) is 9.54. The molecule has 0 aromatic heterocycles. The van der Waals surface area contributed by atoms with Crippen LogP contribution in [-0.4, -0.2) is 61.1 Å². The zero-order valence-electron chi connectivity index (χ0n) is 16.4. The van der Waals surface area contributed by atoms with Gasteiger partial charge in [-0.2, -0.15) is 0 Å². The average molecular weight is 477 g/mol. The van der Waals surface area contributed by atoms with Gasteiger partial charge in [-0.1, -0.05) is 48.2 Å². The minimum Gasteiger partial charge on any atom is -0.477 e. The predicted molar refractivity (Wildman–Crippen MR) is 123 cm³/mol. The summed E-state index contributed by atoms with van der Waals surface area (Å²) in [6.07, 6.45) is 3.17. The van der Waals surface area contributed by atoms with E-state index in [1.54, 1.807) is 36.0 Å². The lowest BCUT2D eigenvalue weighted by molar-refractivity contribution is -0.150. The smallest absolute Gasteiger partial charge is 0.352 e. The van der Waals surface area contributed by atoms with Crippen molar-refractivity contribution in [2.45, 2.75) is 29.5 Å². The van der Waals surface area contributed by atoms with E-state index >= 15 is 0 Å². The van der Waals surface area contributed by atoms with Crippen LogP contribution < -0.4 is 5.32 Å². The highest BCUT2D eigenvalue weighted by Gasteiger charge is 2.54. The molecule has 2 N–H and O–H groups in total. The lowest BCUT2D eigenvalue weighted by atomic mass is 10.0. The maximum atomic E-state index is 12.7. The Hall–Kier alpha value is -2.17. The molecular formula is C21H20N2O5S3. The molecule has 1 saturated heterocycles. The summed E-state index contributed by atoms with van der Waals surface area (Å²) in [7, 11) is 0. The lowest BCUT2D eigenvalue weighted by Crippen LogP contribution is -2.70. The number of hydrogen-bond acceptors (Lipinski definition) is 7. The zero-order valence-corrected chi connectivity index (χ0v) is 18.8. The number of carbonyl (C=O) groups excluding carboxylic acids is 3. The van der Waals surface area contributed by atoms with Crippen molar-refractivity contribution in [3.8, 4) is 0 Å².